The third kappa shape index (κ3) is 1.79. The molecule has 0 unspecified atom stereocenters. The number of carbonyl (C=O) groups excluding carboxylic acids is 1. The molecule has 1 fully saturated rings. The summed E-state index contributed by atoms with van der Waals surface area (Å²) < 4.78 is 5.86. The minimum absolute atomic E-state index is 0.0147. The summed E-state index contributed by atoms with van der Waals surface area (Å²) in [6.45, 7) is 0. The molecule has 0 spiro atoms. The minimum Gasteiger partial charge on any atom is -0.440 e. The van der Waals surface area contributed by atoms with Crippen LogP contribution >= 0.6 is 0 Å². The van der Waals surface area contributed by atoms with E-state index in [1.54, 1.807) is 12.3 Å². The number of hydrogen-bond acceptors (Lipinski definition) is 4. The van der Waals surface area contributed by atoms with E-state index < -0.39 is 5.41 Å². The summed E-state index contributed by atoms with van der Waals surface area (Å²) in [4.78, 5) is 21.6. The molecule has 0 amide bonds. The van der Waals surface area contributed by atoms with Crippen LogP contribution in [-0.2, 0) is 5.41 Å². The Labute approximate surface area is 121 Å². The lowest BCUT2D eigenvalue weighted by Crippen LogP contribution is -2.43. The zero-order valence-electron chi connectivity index (χ0n) is 11.5. The molecule has 0 saturated heterocycles. The zero-order valence-corrected chi connectivity index (χ0v) is 11.5. The average Bonchev–Trinajstić information content (AvgIpc) is 2.91. The number of rotatable bonds is 3. The molecular formula is C17H14N2O2. The van der Waals surface area contributed by atoms with Crippen molar-refractivity contribution in [3.8, 4) is 0 Å². The lowest BCUT2D eigenvalue weighted by molar-refractivity contribution is 0.0738. The van der Waals surface area contributed by atoms with Crippen LogP contribution in [0.5, 0.6) is 0 Å². The number of carbonyl (C=O) groups is 1. The van der Waals surface area contributed by atoms with Gasteiger partial charge in [0.25, 0.3) is 0 Å². The van der Waals surface area contributed by atoms with Crippen molar-refractivity contribution in [2.75, 3.05) is 0 Å². The number of ketones is 1. The lowest BCUT2D eigenvalue weighted by atomic mass is 9.65. The first kappa shape index (κ1) is 12.3. The number of oxazole rings is 1. The molecule has 1 aromatic carbocycles. The lowest BCUT2D eigenvalue weighted by Gasteiger charge is -2.36. The highest BCUT2D eigenvalue weighted by atomic mass is 16.4. The third-order valence-corrected chi connectivity index (χ3v) is 4.24. The second-order valence-corrected chi connectivity index (χ2v) is 5.47. The Morgan fingerprint density at radius 1 is 1.10 bits per heavy atom. The number of aromatic nitrogens is 2. The van der Waals surface area contributed by atoms with Crippen molar-refractivity contribution in [2.24, 2.45) is 0 Å². The van der Waals surface area contributed by atoms with Crippen LogP contribution in [0.1, 0.15) is 35.6 Å². The molecule has 0 N–H and O–H groups in total. The zero-order chi connectivity index (χ0) is 14.3. The molecule has 0 aliphatic heterocycles. The van der Waals surface area contributed by atoms with Crippen molar-refractivity contribution < 1.29 is 9.21 Å². The Morgan fingerprint density at radius 2 is 1.90 bits per heavy atom. The number of hydrogen-bond donors (Lipinski definition) is 0. The molecule has 1 saturated carbocycles. The van der Waals surface area contributed by atoms with Crippen LogP contribution in [0.2, 0.25) is 0 Å². The van der Waals surface area contributed by atoms with Crippen LogP contribution in [0.4, 0.5) is 0 Å². The van der Waals surface area contributed by atoms with E-state index in [9.17, 15) is 4.79 Å². The summed E-state index contributed by atoms with van der Waals surface area (Å²) in [5.41, 5.74) is 1.38. The molecule has 3 aromatic rings. The van der Waals surface area contributed by atoms with Crippen LogP contribution < -0.4 is 0 Å². The molecular weight excluding hydrogens is 264 g/mol. The second kappa shape index (κ2) is 4.52. The smallest absolute Gasteiger partial charge is 0.209 e. The fourth-order valence-corrected chi connectivity index (χ4v) is 2.89. The van der Waals surface area contributed by atoms with E-state index in [-0.39, 0.29) is 5.78 Å². The van der Waals surface area contributed by atoms with E-state index in [1.165, 1.54) is 0 Å². The molecule has 0 radical (unpaired) electrons. The van der Waals surface area contributed by atoms with Gasteiger partial charge in [0.15, 0.2) is 11.4 Å². The fourth-order valence-electron chi connectivity index (χ4n) is 2.89. The Morgan fingerprint density at radius 3 is 2.57 bits per heavy atom. The molecule has 1 aliphatic carbocycles. The van der Waals surface area contributed by atoms with Crippen LogP contribution in [-0.4, -0.2) is 15.8 Å². The highest BCUT2D eigenvalue weighted by Gasteiger charge is 2.50. The quantitative estimate of drug-likeness (QED) is 0.688. The van der Waals surface area contributed by atoms with E-state index in [4.69, 9.17) is 4.42 Å². The van der Waals surface area contributed by atoms with Gasteiger partial charge in [-0.15, -0.1) is 0 Å². The van der Waals surface area contributed by atoms with Gasteiger partial charge >= 0.3 is 0 Å². The fraction of sp³-hybridized carbons (Fsp3) is 0.235. The van der Waals surface area contributed by atoms with Crippen molar-refractivity contribution in [3.63, 3.8) is 0 Å². The summed E-state index contributed by atoms with van der Waals surface area (Å²) in [5.74, 6) is 0.548. The van der Waals surface area contributed by atoms with Crippen molar-refractivity contribution in [1.82, 2.24) is 9.97 Å². The minimum atomic E-state index is -0.632. The highest BCUT2D eigenvalue weighted by molar-refractivity contribution is 6.03. The summed E-state index contributed by atoms with van der Waals surface area (Å²) in [7, 11) is 0. The number of nitrogens with zero attached hydrogens (tertiary/aromatic N) is 2. The third-order valence-electron chi connectivity index (χ3n) is 4.24. The Balaban J connectivity index is 1.81. The van der Waals surface area contributed by atoms with Gasteiger partial charge in [0, 0.05) is 6.20 Å². The number of Topliss-reactive ketones (excluding diaryl/α,β-unsaturated/α-hetero) is 1. The van der Waals surface area contributed by atoms with Gasteiger partial charge < -0.3 is 4.42 Å². The molecule has 4 rings (SSSR count). The normalized spacial score (nSPS) is 16.6. The second-order valence-electron chi connectivity index (χ2n) is 5.47. The van der Waals surface area contributed by atoms with Gasteiger partial charge in [-0.2, -0.15) is 0 Å². The van der Waals surface area contributed by atoms with Gasteiger partial charge in [-0.05, 0) is 37.1 Å². The van der Waals surface area contributed by atoms with E-state index >= 15 is 0 Å². The van der Waals surface area contributed by atoms with Gasteiger partial charge in [0.05, 0.1) is 0 Å². The predicted octanol–water partition coefficient (Wildman–Crippen LogP) is 3.53. The van der Waals surface area contributed by atoms with Gasteiger partial charge in [0.1, 0.15) is 16.6 Å². The van der Waals surface area contributed by atoms with Gasteiger partial charge in [-0.1, -0.05) is 24.6 Å². The summed E-state index contributed by atoms with van der Waals surface area (Å²) >= 11 is 0. The Hall–Kier alpha value is -2.49. The maximum Gasteiger partial charge on any atom is 0.209 e. The van der Waals surface area contributed by atoms with Crippen LogP contribution in [0.15, 0.2) is 53.1 Å². The standard InChI is InChI=1S/C17H14N2O2/c20-15(13-7-3-4-11-18-13)17(9-5-10-17)16-19-12-6-1-2-8-14(12)21-16/h1-4,6-8,11H,5,9-10H2. The first-order valence-corrected chi connectivity index (χ1v) is 7.11. The van der Waals surface area contributed by atoms with Crippen molar-refractivity contribution >= 4 is 16.9 Å². The molecule has 0 atom stereocenters. The van der Waals surface area contributed by atoms with Crippen molar-refractivity contribution in [3.05, 3.63) is 60.2 Å². The molecule has 21 heavy (non-hydrogen) atoms. The molecule has 2 heterocycles. The predicted molar refractivity (Wildman–Crippen MR) is 78.1 cm³/mol. The first-order valence-electron chi connectivity index (χ1n) is 7.11. The van der Waals surface area contributed by atoms with Gasteiger partial charge in [-0.25, -0.2) is 4.98 Å². The molecule has 4 heteroatoms. The van der Waals surface area contributed by atoms with E-state index in [0.29, 0.717) is 11.6 Å². The number of pyridine rings is 1. The number of benzene rings is 1. The van der Waals surface area contributed by atoms with E-state index in [0.717, 1.165) is 30.4 Å². The Bertz CT molecular complexity index is 771. The summed E-state index contributed by atoms with van der Waals surface area (Å²) in [6, 6.07) is 13.0. The molecule has 0 bridgehead atoms. The maximum absolute atomic E-state index is 12.9. The number of fused-ring (bicyclic) bond motifs is 1. The summed E-state index contributed by atoms with van der Waals surface area (Å²) in [6.07, 6.45) is 4.20. The first-order chi connectivity index (χ1) is 10.3. The van der Waals surface area contributed by atoms with Crippen molar-refractivity contribution in [1.29, 1.82) is 0 Å². The average molecular weight is 278 g/mol. The van der Waals surface area contributed by atoms with Gasteiger partial charge in [0.2, 0.25) is 5.89 Å². The van der Waals surface area contributed by atoms with Crippen LogP contribution in [0.3, 0.4) is 0 Å². The Kier molecular flexibility index (Phi) is 2.64. The van der Waals surface area contributed by atoms with Crippen LogP contribution in [0.25, 0.3) is 11.1 Å². The highest BCUT2D eigenvalue weighted by Crippen LogP contribution is 2.46. The largest absolute Gasteiger partial charge is 0.440 e. The topological polar surface area (TPSA) is 56.0 Å². The molecule has 104 valence electrons. The molecule has 1 aliphatic rings. The monoisotopic (exact) mass is 278 g/mol. The summed E-state index contributed by atoms with van der Waals surface area (Å²) in [5, 5.41) is 0. The van der Waals surface area contributed by atoms with Crippen LogP contribution in [0, 0.1) is 0 Å². The number of para-hydroxylation sites is 2. The SMILES string of the molecule is O=C(c1ccccn1)C1(c2nc3ccccc3o2)CCC1. The molecule has 4 nitrogen and oxygen atoms in total. The van der Waals surface area contributed by atoms with Crippen molar-refractivity contribution in [2.45, 2.75) is 24.7 Å². The van der Waals surface area contributed by atoms with Gasteiger partial charge in [-0.3, -0.25) is 9.78 Å². The van der Waals surface area contributed by atoms with E-state index in [1.807, 2.05) is 36.4 Å². The molecule has 2 aromatic heterocycles. The maximum atomic E-state index is 12.9. The van der Waals surface area contributed by atoms with E-state index in [2.05, 4.69) is 9.97 Å².